The number of nitrogens with one attached hydrogen (secondary N) is 1. The van der Waals surface area contributed by atoms with Crippen molar-refractivity contribution < 1.29 is 9.53 Å². The van der Waals surface area contributed by atoms with E-state index in [1.165, 1.54) is 30.4 Å². The van der Waals surface area contributed by atoms with E-state index in [1.54, 1.807) is 0 Å². The minimum absolute atomic E-state index is 0. The maximum absolute atomic E-state index is 12.4. The monoisotopic (exact) mass is 366 g/mol. The van der Waals surface area contributed by atoms with Crippen molar-refractivity contribution in [1.29, 1.82) is 0 Å². The largest absolute Gasteiger partial charge is 0.492 e. The molecule has 5 heteroatoms. The van der Waals surface area contributed by atoms with Crippen molar-refractivity contribution in [2.24, 2.45) is 23.5 Å². The fraction of sp³-hybridized carbons (Fsp3) is 0.650. The van der Waals surface area contributed by atoms with Crippen molar-refractivity contribution in [2.45, 2.75) is 52.0 Å². The van der Waals surface area contributed by atoms with Gasteiger partial charge in [0.1, 0.15) is 12.4 Å². The molecule has 4 nitrogen and oxygen atoms in total. The van der Waals surface area contributed by atoms with Crippen LogP contribution in [0.2, 0.25) is 0 Å². The van der Waals surface area contributed by atoms with E-state index in [-0.39, 0.29) is 24.2 Å². The summed E-state index contributed by atoms with van der Waals surface area (Å²) in [6.45, 7) is 5.19. The smallest absolute Gasteiger partial charge is 0.223 e. The van der Waals surface area contributed by atoms with E-state index >= 15 is 0 Å². The van der Waals surface area contributed by atoms with Gasteiger partial charge in [-0.05, 0) is 74.6 Å². The van der Waals surface area contributed by atoms with Gasteiger partial charge in [0.2, 0.25) is 5.91 Å². The maximum Gasteiger partial charge on any atom is 0.223 e. The second-order valence-electron chi connectivity index (χ2n) is 7.66. The molecule has 2 bridgehead atoms. The predicted molar refractivity (Wildman–Crippen MR) is 103 cm³/mol. The zero-order valence-electron chi connectivity index (χ0n) is 15.3. The Kier molecular flexibility index (Phi) is 7.14. The summed E-state index contributed by atoms with van der Waals surface area (Å²) >= 11 is 0. The van der Waals surface area contributed by atoms with Crippen LogP contribution in [0.1, 0.15) is 43.2 Å². The molecule has 2 fully saturated rings. The molecule has 0 spiro atoms. The van der Waals surface area contributed by atoms with Crippen molar-refractivity contribution in [3.05, 3.63) is 29.3 Å². The number of carbonyl (C=O) groups is 1. The van der Waals surface area contributed by atoms with Gasteiger partial charge in [0.15, 0.2) is 0 Å². The second-order valence-corrected chi connectivity index (χ2v) is 7.66. The van der Waals surface area contributed by atoms with Gasteiger partial charge in [-0.15, -0.1) is 12.4 Å². The molecule has 2 aliphatic rings. The lowest BCUT2D eigenvalue weighted by atomic mass is 9.65. The molecule has 2 saturated carbocycles. The third kappa shape index (κ3) is 5.11. The Morgan fingerprint density at radius 3 is 2.36 bits per heavy atom. The second kappa shape index (κ2) is 8.91. The molecule has 25 heavy (non-hydrogen) atoms. The Bertz CT molecular complexity index is 559. The van der Waals surface area contributed by atoms with Gasteiger partial charge in [-0.1, -0.05) is 12.5 Å². The highest BCUT2D eigenvalue weighted by molar-refractivity contribution is 5.85. The Labute approximate surface area is 157 Å². The van der Waals surface area contributed by atoms with E-state index in [2.05, 4.69) is 25.2 Å². The molecular weight excluding hydrogens is 336 g/mol. The summed E-state index contributed by atoms with van der Waals surface area (Å²) in [5.41, 5.74) is 8.69. The topological polar surface area (TPSA) is 64.3 Å². The zero-order chi connectivity index (χ0) is 17.1. The first-order valence-electron chi connectivity index (χ1n) is 9.27. The molecule has 1 amide bonds. The number of carbonyl (C=O) groups excluding carboxylic acids is 1. The number of fused-ring (bicyclic) bond motifs is 2. The number of amides is 1. The predicted octanol–water partition coefficient (Wildman–Crippen LogP) is 3.37. The third-order valence-corrected chi connectivity index (χ3v) is 5.65. The molecule has 2 aliphatic carbocycles. The molecular formula is C20H31ClN2O2. The van der Waals surface area contributed by atoms with Crippen molar-refractivity contribution in [2.75, 3.05) is 13.2 Å². The highest BCUT2D eigenvalue weighted by Crippen LogP contribution is 2.41. The van der Waals surface area contributed by atoms with Gasteiger partial charge in [-0.25, -0.2) is 0 Å². The van der Waals surface area contributed by atoms with Gasteiger partial charge in [-0.2, -0.15) is 0 Å². The van der Waals surface area contributed by atoms with E-state index in [1.807, 2.05) is 12.1 Å². The van der Waals surface area contributed by atoms with Gasteiger partial charge in [0.05, 0.1) is 6.54 Å². The van der Waals surface area contributed by atoms with Gasteiger partial charge in [-0.3, -0.25) is 4.79 Å². The van der Waals surface area contributed by atoms with Gasteiger partial charge < -0.3 is 15.8 Å². The van der Waals surface area contributed by atoms with Gasteiger partial charge >= 0.3 is 0 Å². The molecule has 0 aromatic heterocycles. The lowest BCUT2D eigenvalue weighted by Gasteiger charge is -2.43. The number of aryl methyl sites for hydroxylation is 2. The molecule has 0 radical (unpaired) electrons. The van der Waals surface area contributed by atoms with Crippen LogP contribution in [0.25, 0.3) is 0 Å². The summed E-state index contributed by atoms with van der Waals surface area (Å²) in [5, 5.41) is 3.05. The Hall–Kier alpha value is -1.26. The SMILES string of the molecule is Cc1cc(C)cc(OCCNC(=O)C2CC3CCCC(C2)C3N)c1.Cl. The molecule has 140 valence electrons. The number of benzene rings is 1. The molecule has 2 atom stereocenters. The molecule has 1 aromatic carbocycles. The fourth-order valence-corrected chi connectivity index (χ4v) is 4.51. The minimum atomic E-state index is 0. The number of halogens is 1. The van der Waals surface area contributed by atoms with Crippen molar-refractivity contribution in [1.82, 2.24) is 5.32 Å². The molecule has 1 aromatic rings. The molecule has 0 aliphatic heterocycles. The highest BCUT2D eigenvalue weighted by atomic mass is 35.5. The van der Waals surface area contributed by atoms with Crippen LogP contribution in [-0.2, 0) is 4.79 Å². The minimum Gasteiger partial charge on any atom is -0.492 e. The van der Waals surface area contributed by atoms with Gasteiger partial charge in [0, 0.05) is 12.0 Å². The average Bonchev–Trinajstić information content (AvgIpc) is 2.50. The Balaban J connectivity index is 0.00000225. The van der Waals surface area contributed by atoms with E-state index in [0.29, 0.717) is 31.0 Å². The lowest BCUT2D eigenvalue weighted by Crippen LogP contribution is -2.49. The van der Waals surface area contributed by atoms with Crippen LogP contribution in [0.5, 0.6) is 5.75 Å². The van der Waals surface area contributed by atoms with Crippen molar-refractivity contribution in [3.63, 3.8) is 0 Å². The summed E-state index contributed by atoms with van der Waals surface area (Å²) < 4.78 is 5.76. The Morgan fingerprint density at radius 1 is 1.16 bits per heavy atom. The number of nitrogens with two attached hydrogens (primary N) is 1. The number of hydrogen-bond donors (Lipinski definition) is 2. The first-order valence-corrected chi connectivity index (χ1v) is 9.27. The summed E-state index contributed by atoms with van der Waals surface area (Å²) in [6, 6.07) is 6.49. The fourth-order valence-electron chi connectivity index (χ4n) is 4.51. The number of ether oxygens (including phenoxy) is 1. The van der Waals surface area contributed by atoms with Crippen LogP contribution in [0.3, 0.4) is 0 Å². The van der Waals surface area contributed by atoms with E-state index in [0.717, 1.165) is 18.6 Å². The number of hydrogen-bond acceptors (Lipinski definition) is 3. The molecule has 3 N–H and O–H groups in total. The molecule has 0 saturated heterocycles. The molecule has 3 rings (SSSR count). The first-order chi connectivity index (χ1) is 11.5. The highest BCUT2D eigenvalue weighted by Gasteiger charge is 2.40. The van der Waals surface area contributed by atoms with Crippen LogP contribution >= 0.6 is 12.4 Å². The van der Waals surface area contributed by atoms with E-state index in [4.69, 9.17) is 10.5 Å². The van der Waals surface area contributed by atoms with Crippen LogP contribution in [-0.4, -0.2) is 25.1 Å². The van der Waals surface area contributed by atoms with Crippen LogP contribution in [0.4, 0.5) is 0 Å². The normalized spacial score (nSPS) is 28.0. The van der Waals surface area contributed by atoms with Crippen LogP contribution < -0.4 is 15.8 Å². The first kappa shape index (κ1) is 20.1. The molecule has 2 unspecified atom stereocenters. The van der Waals surface area contributed by atoms with Crippen LogP contribution in [0, 0.1) is 31.6 Å². The van der Waals surface area contributed by atoms with E-state index < -0.39 is 0 Å². The quantitative estimate of drug-likeness (QED) is 0.785. The maximum atomic E-state index is 12.4. The summed E-state index contributed by atoms with van der Waals surface area (Å²) in [6.07, 6.45) is 5.58. The molecule has 0 heterocycles. The zero-order valence-corrected chi connectivity index (χ0v) is 16.1. The Morgan fingerprint density at radius 2 is 1.76 bits per heavy atom. The standard InChI is InChI=1S/C20H30N2O2.ClH/c1-13-8-14(2)10-18(9-13)24-7-6-22-20(23)17-11-15-4-3-5-16(12-17)19(15)21;/h8-10,15-17,19H,3-7,11-12,21H2,1-2H3,(H,22,23);1H. The van der Waals surface area contributed by atoms with Crippen LogP contribution in [0.15, 0.2) is 18.2 Å². The lowest BCUT2D eigenvalue weighted by molar-refractivity contribution is -0.128. The third-order valence-electron chi connectivity index (χ3n) is 5.65. The summed E-state index contributed by atoms with van der Waals surface area (Å²) in [5.74, 6) is 2.28. The summed E-state index contributed by atoms with van der Waals surface area (Å²) in [7, 11) is 0. The van der Waals surface area contributed by atoms with Gasteiger partial charge in [0.25, 0.3) is 0 Å². The number of rotatable bonds is 5. The summed E-state index contributed by atoms with van der Waals surface area (Å²) in [4.78, 5) is 12.4. The van der Waals surface area contributed by atoms with Crippen molar-refractivity contribution >= 4 is 18.3 Å². The van der Waals surface area contributed by atoms with Crippen molar-refractivity contribution in [3.8, 4) is 5.75 Å². The average molecular weight is 367 g/mol. The van der Waals surface area contributed by atoms with E-state index in [9.17, 15) is 4.79 Å².